The van der Waals surface area contributed by atoms with Gasteiger partial charge >= 0.3 is 5.97 Å². The highest BCUT2D eigenvalue weighted by Crippen LogP contribution is 2.25. The molecule has 1 aliphatic rings. The van der Waals surface area contributed by atoms with Crippen molar-refractivity contribution in [1.29, 1.82) is 0 Å². The van der Waals surface area contributed by atoms with Crippen LogP contribution in [-0.2, 0) is 9.53 Å². The van der Waals surface area contributed by atoms with Crippen molar-refractivity contribution in [2.45, 2.75) is 249 Å². The Hall–Kier alpha value is -0.890. The second-order valence-electron chi connectivity index (χ2n) is 16.9. The standard InChI is InChI=1S/C42H82O11/c1-4-5-12-31(3)41-29-39(50)24-11-23-38(49)28-40(51)27-37(48)22-10-20-35(46)18-8-16-33(44)14-6-13-32(43)15-7-17-34(45)19-9-21-36(47)25-30(2)26-42(52)53-41/h30-41,43-51H,4-29H2,1-3H3/t30-,31+,32+,33+,34+,35+,36-,37-,38-,39-,40-,41-/m0/s1. The van der Waals surface area contributed by atoms with E-state index in [9.17, 15) is 50.8 Å². The van der Waals surface area contributed by atoms with Crippen LogP contribution >= 0.6 is 0 Å². The first-order chi connectivity index (χ1) is 25.2. The number of hydrogen-bond acceptors (Lipinski definition) is 11. The lowest BCUT2D eigenvalue weighted by molar-refractivity contribution is -0.154. The Labute approximate surface area is 321 Å². The van der Waals surface area contributed by atoms with Gasteiger partial charge in [-0.3, -0.25) is 4.79 Å². The molecular weight excluding hydrogens is 680 g/mol. The zero-order chi connectivity index (χ0) is 39.6. The van der Waals surface area contributed by atoms with Crippen LogP contribution in [0.4, 0.5) is 0 Å². The maximum atomic E-state index is 13.0. The van der Waals surface area contributed by atoms with Gasteiger partial charge in [-0.15, -0.1) is 0 Å². The Morgan fingerprint density at radius 3 is 1.19 bits per heavy atom. The summed E-state index contributed by atoms with van der Waals surface area (Å²) in [7, 11) is 0. The van der Waals surface area contributed by atoms with E-state index < -0.39 is 61.0 Å². The van der Waals surface area contributed by atoms with Crippen molar-refractivity contribution in [2.75, 3.05) is 0 Å². The molecule has 0 spiro atoms. The molecule has 1 heterocycles. The molecule has 0 bridgehead atoms. The normalized spacial score (nSPS) is 36.2. The summed E-state index contributed by atoms with van der Waals surface area (Å²) in [6, 6.07) is 0. The number of esters is 1. The van der Waals surface area contributed by atoms with Gasteiger partial charge in [-0.05, 0) is 153 Å². The number of ether oxygens (including phenoxy) is 1. The molecule has 9 N–H and O–H groups in total. The van der Waals surface area contributed by atoms with Crippen LogP contribution in [0.2, 0.25) is 0 Å². The molecule has 316 valence electrons. The molecule has 11 nitrogen and oxygen atoms in total. The zero-order valence-corrected chi connectivity index (χ0v) is 33.7. The second kappa shape index (κ2) is 30.3. The number of rotatable bonds is 4. The predicted molar refractivity (Wildman–Crippen MR) is 208 cm³/mol. The van der Waals surface area contributed by atoms with Crippen molar-refractivity contribution in [3.63, 3.8) is 0 Å². The molecular formula is C42H82O11. The highest BCUT2D eigenvalue weighted by Gasteiger charge is 2.26. The number of carbonyl (C=O) groups is 1. The van der Waals surface area contributed by atoms with E-state index in [1.54, 1.807) is 0 Å². The third kappa shape index (κ3) is 27.4. The molecule has 0 unspecified atom stereocenters. The smallest absolute Gasteiger partial charge is 0.306 e. The van der Waals surface area contributed by atoms with Crippen molar-refractivity contribution in [3.8, 4) is 0 Å². The van der Waals surface area contributed by atoms with Crippen LogP contribution in [-0.4, -0.2) is 113 Å². The minimum Gasteiger partial charge on any atom is -0.462 e. The van der Waals surface area contributed by atoms with E-state index >= 15 is 0 Å². The van der Waals surface area contributed by atoms with E-state index in [2.05, 4.69) is 6.92 Å². The van der Waals surface area contributed by atoms with Gasteiger partial charge in [-0.1, -0.05) is 33.6 Å². The minimum atomic E-state index is -0.867. The fourth-order valence-corrected chi connectivity index (χ4v) is 7.73. The fraction of sp³-hybridized carbons (Fsp3) is 0.976. The number of carbonyl (C=O) groups excluding carboxylic acids is 1. The average Bonchev–Trinajstić information content (AvgIpc) is 3.06. The number of aliphatic hydroxyl groups is 9. The molecule has 0 aromatic rings. The summed E-state index contributed by atoms with van der Waals surface area (Å²) in [5.74, 6) is -0.367. The van der Waals surface area contributed by atoms with Gasteiger partial charge in [-0.2, -0.15) is 0 Å². The van der Waals surface area contributed by atoms with E-state index in [0.29, 0.717) is 128 Å². The summed E-state index contributed by atoms with van der Waals surface area (Å²) < 4.78 is 5.94. The first-order valence-electron chi connectivity index (χ1n) is 21.5. The van der Waals surface area contributed by atoms with E-state index in [1.807, 2.05) is 13.8 Å². The monoisotopic (exact) mass is 763 g/mol. The van der Waals surface area contributed by atoms with Crippen LogP contribution in [0, 0.1) is 11.8 Å². The van der Waals surface area contributed by atoms with E-state index in [1.165, 1.54) is 0 Å². The molecule has 11 heteroatoms. The Kier molecular flexibility index (Phi) is 28.6. The summed E-state index contributed by atoms with van der Waals surface area (Å²) in [6.45, 7) is 6.06. The van der Waals surface area contributed by atoms with Crippen LogP contribution in [0.1, 0.15) is 188 Å². The van der Waals surface area contributed by atoms with Gasteiger partial charge in [0, 0.05) is 12.8 Å². The van der Waals surface area contributed by atoms with Gasteiger partial charge in [0.2, 0.25) is 0 Å². The molecule has 12 atom stereocenters. The van der Waals surface area contributed by atoms with Gasteiger partial charge in [0.05, 0.1) is 54.9 Å². The van der Waals surface area contributed by atoms with Crippen LogP contribution in [0.25, 0.3) is 0 Å². The van der Waals surface area contributed by atoms with Crippen molar-refractivity contribution < 1.29 is 55.5 Å². The Bertz CT molecular complexity index is 878. The SMILES string of the molecule is CCCC[C@@H](C)[C@@H]1C[C@@H](O)CCC[C@H](O)C[C@@H](O)C[C@@H](O)CCC[C@H](O)CCC[C@H](O)CCC[C@@H](O)CCC[C@@H](O)CCC[C@H](O)C[C@H](C)CC(=O)O1. The molecule has 0 saturated carbocycles. The molecule has 1 saturated heterocycles. The topological polar surface area (TPSA) is 208 Å². The van der Waals surface area contributed by atoms with Crippen molar-refractivity contribution >= 4 is 5.97 Å². The van der Waals surface area contributed by atoms with Crippen molar-refractivity contribution in [1.82, 2.24) is 0 Å². The fourth-order valence-electron chi connectivity index (χ4n) is 7.73. The summed E-state index contributed by atoms with van der Waals surface area (Å²) >= 11 is 0. The predicted octanol–water partition coefficient (Wildman–Crippen LogP) is 5.59. The summed E-state index contributed by atoms with van der Waals surface area (Å²) in [5, 5.41) is 94.4. The van der Waals surface area contributed by atoms with Gasteiger partial charge in [0.25, 0.3) is 0 Å². The Morgan fingerprint density at radius 1 is 0.509 bits per heavy atom. The van der Waals surface area contributed by atoms with Gasteiger partial charge in [0.15, 0.2) is 0 Å². The molecule has 1 aliphatic heterocycles. The summed E-state index contributed by atoms with van der Waals surface area (Å²) in [4.78, 5) is 13.0. The molecule has 0 radical (unpaired) electrons. The first-order valence-corrected chi connectivity index (χ1v) is 21.5. The quantitative estimate of drug-likeness (QED) is 0.161. The lowest BCUT2D eigenvalue weighted by Gasteiger charge is -2.27. The first kappa shape index (κ1) is 50.1. The van der Waals surface area contributed by atoms with E-state index in [-0.39, 0.29) is 37.1 Å². The van der Waals surface area contributed by atoms with Crippen LogP contribution in [0.3, 0.4) is 0 Å². The third-order valence-electron chi connectivity index (χ3n) is 11.2. The highest BCUT2D eigenvalue weighted by atomic mass is 16.5. The summed E-state index contributed by atoms with van der Waals surface area (Å²) in [6.07, 6.45) is 8.12. The number of aliphatic hydroxyl groups excluding tert-OH is 9. The van der Waals surface area contributed by atoms with Crippen LogP contribution in [0.15, 0.2) is 0 Å². The number of unbranched alkanes of at least 4 members (excludes halogenated alkanes) is 1. The molecule has 0 aliphatic carbocycles. The summed E-state index contributed by atoms with van der Waals surface area (Å²) in [5.41, 5.74) is 0. The molecule has 1 fully saturated rings. The maximum Gasteiger partial charge on any atom is 0.306 e. The molecule has 0 amide bonds. The lowest BCUT2D eigenvalue weighted by atomic mass is 9.91. The molecule has 0 aromatic carbocycles. The third-order valence-corrected chi connectivity index (χ3v) is 11.2. The molecule has 0 aromatic heterocycles. The Balaban J connectivity index is 2.75. The molecule has 1 rings (SSSR count). The highest BCUT2D eigenvalue weighted by molar-refractivity contribution is 5.69. The average molecular weight is 763 g/mol. The molecule has 53 heavy (non-hydrogen) atoms. The van der Waals surface area contributed by atoms with Crippen LogP contribution < -0.4 is 0 Å². The maximum absolute atomic E-state index is 13.0. The van der Waals surface area contributed by atoms with Gasteiger partial charge < -0.3 is 50.7 Å². The van der Waals surface area contributed by atoms with E-state index in [0.717, 1.165) is 19.3 Å². The van der Waals surface area contributed by atoms with Crippen molar-refractivity contribution in [2.24, 2.45) is 11.8 Å². The number of hydrogen-bond donors (Lipinski definition) is 9. The van der Waals surface area contributed by atoms with Crippen LogP contribution in [0.5, 0.6) is 0 Å². The number of cyclic esters (lactones) is 1. The van der Waals surface area contributed by atoms with Gasteiger partial charge in [0.1, 0.15) is 6.10 Å². The Morgan fingerprint density at radius 2 is 0.830 bits per heavy atom. The largest absolute Gasteiger partial charge is 0.462 e. The lowest BCUT2D eigenvalue weighted by Crippen LogP contribution is -2.30. The zero-order valence-electron chi connectivity index (χ0n) is 33.7. The second-order valence-corrected chi connectivity index (χ2v) is 16.9. The van der Waals surface area contributed by atoms with Crippen molar-refractivity contribution in [3.05, 3.63) is 0 Å². The van der Waals surface area contributed by atoms with E-state index in [4.69, 9.17) is 4.74 Å². The minimum absolute atomic E-state index is 0.0689. The van der Waals surface area contributed by atoms with Gasteiger partial charge in [-0.25, -0.2) is 0 Å².